The van der Waals surface area contributed by atoms with Crippen molar-refractivity contribution in [1.29, 1.82) is 0 Å². The number of amides is 2. The Kier molecular flexibility index (Phi) is 6.56. The van der Waals surface area contributed by atoms with Gasteiger partial charge >= 0.3 is 0 Å². The van der Waals surface area contributed by atoms with Gasteiger partial charge in [0.1, 0.15) is 5.75 Å². The Morgan fingerprint density at radius 1 is 1.10 bits per heavy atom. The van der Waals surface area contributed by atoms with E-state index >= 15 is 0 Å². The van der Waals surface area contributed by atoms with E-state index in [1.54, 1.807) is 0 Å². The second-order valence-electron chi connectivity index (χ2n) is 8.78. The number of ether oxygens (including phenoxy) is 1. The summed E-state index contributed by atoms with van der Waals surface area (Å²) in [5.41, 5.74) is 10.3. The van der Waals surface area contributed by atoms with Crippen LogP contribution in [0.5, 0.6) is 5.75 Å². The van der Waals surface area contributed by atoms with Gasteiger partial charge < -0.3 is 10.1 Å². The fraction of sp³-hybridized carbons (Fsp3) is 0.440. The fourth-order valence-corrected chi connectivity index (χ4v) is 4.71. The highest BCUT2D eigenvalue weighted by Crippen LogP contribution is 2.35. The van der Waals surface area contributed by atoms with Crippen LogP contribution in [0, 0.1) is 25.7 Å². The molecular formula is C25H31N3O3. The number of rotatable bonds is 6. The lowest BCUT2D eigenvalue weighted by atomic mass is 9.72. The van der Waals surface area contributed by atoms with E-state index in [0.717, 1.165) is 42.5 Å². The molecule has 3 unspecified atom stereocenters. The zero-order valence-electron chi connectivity index (χ0n) is 18.2. The van der Waals surface area contributed by atoms with E-state index < -0.39 is 0 Å². The molecule has 2 aromatic carbocycles. The number of hydrogen-bond donors (Lipinski definition) is 3. The molecule has 0 spiro atoms. The van der Waals surface area contributed by atoms with Crippen molar-refractivity contribution in [2.75, 3.05) is 11.9 Å². The van der Waals surface area contributed by atoms with Gasteiger partial charge in [0.2, 0.25) is 5.91 Å². The summed E-state index contributed by atoms with van der Waals surface area (Å²) in [6.45, 7) is 4.03. The third-order valence-corrected chi connectivity index (χ3v) is 6.57. The van der Waals surface area contributed by atoms with Crippen molar-refractivity contribution in [1.82, 2.24) is 10.9 Å². The average molecular weight is 422 g/mol. The number of benzene rings is 2. The maximum atomic E-state index is 12.4. The van der Waals surface area contributed by atoms with Gasteiger partial charge in [-0.05, 0) is 80.0 Å². The summed E-state index contributed by atoms with van der Waals surface area (Å²) in [7, 11) is 0. The zero-order valence-corrected chi connectivity index (χ0v) is 18.2. The molecule has 1 saturated carbocycles. The highest BCUT2D eigenvalue weighted by atomic mass is 16.5. The van der Waals surface area contributed by atoms with Crippen LogP contribution < -0.4 is 20.9 Å². The van der Waals surface area contributed by atoms with Gasteiger partial charge in [0.25, 0.3) is 5.91 Å². The van der Waals surface area contributed by atoms with Crippen molar-refractivity contribution < 1.29 is 14.3 Å². The molecule has 6 heteroatoms. The third-order valence-electron chi connectivity index (χ3n) is 6.57. The second kappa shape index (κ2) is 9.52. The number of anilines is 1. The Labute approximate surface area is 183 Å². The summed E-state index contributed by atoms with van der Waals surface area (Å²) in [4.78, 5) is 24.5. The lowest BCUT2D eigenvalue weighted by molar-refractivity contribution is -0.133. The van der Waals surface area contributed by atoms with Gasteiger partial charge in [-0.3, -0.25) is 15.0 Å². The van der Waals surface area contributed by atoms with E-state index in [2.05, 4.69) is 22.2 Å². The van der Waals surface area contributed by atoms with E-state index in [-0.39, 0.29) is 30.4 Å². The monoisotopic (exact) mass is 421 g/mol. The molecule has 4 rings (SSSR count). The lowest BCUT2D eigenvalue weighted by Gasteiger charge is -2.41. The quantitative estimate of drug-likeness (QED) is 0.665. The lowest BCUT2D eigenvalue weighted by Crippen LogP contribution is -2.60. The Morgan fingerprint density at radius 2 is 1.94 bits per heavy atom. The molecule has 3 atom stereocenters. The van der Waals surface area contributed by atoms with Gasteiger partial charge in [-0.15, -0.1) is 0 Å². The average Bonchev–Trinajstić information content (AvgIpc) is 2.77. The van der Waals surface area contributed by atoms with Gasteiger partial charge in [0, 0.05) is 17.6 Å². The summed E-state index contributed by atoms with van der Waals surface area (Å²) < 4.78 is 5.63. The number of carbonyl (C=O) groups excluding carboxylic acids is 2. The molecule has 2 aliphatic rings. The predicted octanol–water partition coefficient (Wildman–Crippen LogP) is 3.67. The van der Waals surface area contributed by atoms with Crippen LogP contribution in [0.3, 0.4) is 0 Å². The molecule has 0 bridgehead atoms. The standard InChI is InChI=1S/C25H31N3O3/c1-16-10-11-20(12-17(16)2)31-15-24(29)26-19-7-5-6-18(13-19)14-23-21-8-3-4-9-22(21)25(30)28-27-23/h5-7,10-13,21-23,27H,3-4,8-9,14-15H2,1-2H3,(H,26,29)(H,28,30). The van der Waals surface area contributed by atoms with Crippen molar-refractivity contribution in [3.63, 3.8) is 0 Å². The van der Waals surface area contributed by atoms with E-state index in [0.29, 0.717) is 11.7 Å². The molecule has 0 aromatic heterocycles. The van der Waals surface area contributed by atoms with E-state index in [4.69, 9.17) is 4.74 Å². The molecule has 2 aromatic rings. The molecule has 31 heavy (non-hydrogen) atoms. The topological polar surface area (TPSA) is 79.5 Å². The number of carbonyl (C=O) groups is 2. The first kappa shape index (κ1) is 21.4. The first-order chi connectivity index (χ1) is 15.0. The summed E-state index contributed by atoms with van der Waals surface area (Å²) in [6, 6.07) is 13.9. The maximum Gasteiger partial charge on any atom is 0.262 e. The molecular weight excluding hydrogens is 390 g/mol. The van der Waals surface area contributed by atoms with Crippen molar-refractivity contribution in [3.05, 3.63) is 59.2 Å². The van der Waals surface area contributed by atoms with Crippen LogP contribution in [0.1, 0.15) is 42.4 Å². The molecule has 1 aliphatic carbocycles. The van der Waals surface area contributed by atoms with Crippen molar-refractivity contribution >= 4 is 17.5 Å². The van der Waals surface area contributed by atoms with Crippen LogP contribution >= 0.6 is 0 Å². The fourth-order valence-electron chi connectivity index (χ4n) is 4.71. The minimum absolute atomic E-state index is 0.0350. The summed E-state index contributed by atoms with van der Waals surface area (Å²) in [5.74, 6) is 1.12. The zero-order chi connectivity index (χ0) is 21.8. The van der Waals surface area contributed by atoms with Gasteiger partial charge in [-0.2, -0.15) is 0 Å². The normalized spacial score (nSPS) is 22.9. The van der Waals surface area contributed by atoms with Gasteiger partial charge in [-0.25, -0.2) is 5.43 Å². The Balaban J connectivity index is 1.34. The first-order valence-corrected chi connectivity index (χ1v) is 11.1. The van der Waals surface area contributed by atoms with Crippen LogP contribution in [0.25, 0.3) is 0 Å². The molecule has 6 nitrogen and oxygen atoms in total. The predicted molar refractivity (Wildman–Crippen MR) is 121 cm³/mol. The Morgan fingerprint density at radius 3 is 2.77 bits per heavy atom. The molecule has 0 radical (unpaired) electrons. The SMILES string of the molecule is Cc1ccc(OCC(=O)Nc2cccc(CC3NNC(=O)C4CCCCC34)c2)cc1C. The molecule has 1 aliphatic heterocycles. The van der Waals surface area contributed by atoms with Crippen LogP contribution in [-0.2, 0) is 16.0 Å². The summed E-state index contributed by atoms with van der Waals surface area (Å²) in [5, 5.41) is 2.93. The van der Waals surface area contributed by atoms with Crippen molar-refractivity contribution in [3.8, 4) is 5.75 Å². The van der Waals surface area contributed by atoms with Crippen LogP contribution in [0.4, 0.5) is 5.69 Å². The highest BCUT2D eigenvalue weighted by Gasteiger charge is 2.39. The molecule has 1 saturated heterocycles. The Hall–Kier alpha value is -2.86. The van der Waals surface area contributed by atoms with Crippen LogP contribution in [0.2, 0.25) is 0 Å². The van der Waals surface area contributed by atoms with Gasteiger partial charge in [0.15, 0.2) is 6.61 Å². The third kappa shape index (κ3) is 5.25. The molecule has 2 amide bonds. The molecule has 2 fully saturated rings. The molecule has 3 N–H and O–H groups in total. The van der Waals surface area contributed by atoms with E-state index in [1.807, 2.05) is 50.2 Å². The first-order valence-electron chi connectivity index (χ1n) is 11.1. The van der Waals surface area contributed by atoms with Crippen LogP contribution in [-0.4, -0.2) is 24.5 Å². The number of hydrazine groups is 1. The van der Waals surface area contributed by atoms with Crippen molar-refractivity contribution in [2.45, 2.75) is 52.0 Å². The minimum Gasteiger partial charge on any atom is -0.484 e. The van der Waals surface area contributed by atoms with E-state index in [1.165, 1.54) is 12.0 Å². The molecule has 1 heterocycles. The number of hydrogen-bond acceptors (Lipinski definition) is 4. The highest BCUT2D eigenvalue weighted by molar-refractivity contribution is 5.92. The Bertz CT molecular complexity index is 959. The van der Waals surface area contributed by atoms with Crippen LogP contribution in [0.15, 0.2) is 42.5 Å². The summed E-state index contributed by atoms with van der Waals surface area (Å²) in [6.07, 6.45) is 5.19. The van der Waals surface area contributed by atoms with Crippen molar-refractivity contribution in [2.24, 2.45) is 11.8 Å². The largest absolute Gasteiger partial charge is 0.484 e. The summed E-state index contributed by atoms with van der Waals surface area (Å²) >= 11 is 0. The number of aryl methyl sites for hydroxylation is 2. The minimum atomic E-state index is -0.189. The van der Waals surface area contributed by atoms with Gasteiger partial charge in [-0.1, -0.05) is 31.0 Å². The maximum absolute atomic E-state index is 12.4. The number of fused-ring (bicyclic) bond motifs is 1. The smallest absolute Gasteiger partial charge is 0.262 e. The second-order valence-corrected chi connectivity index (χ2v) is 8.78. The van der Waals surface area contributed by atoms with Gasteiger partial charge in [0.05, 0.1) is 0 Å². The molecule has 164 valence electrons. The van der Waals surface area contributed by atoms with E-state index in [9.17, 15) is 9.59 Å². The number of nitrogens with one attached hydrogen (secondary N) is 3.